The van der Waals surface area contributed by atoms with Crippen LogP contribution < -0.4 is 4.74 Å². The van der Waals surface area contributed by atoms with Crippen LogP contribution in [0.1, 0.15) is 21.9 Å². The molecule has 3 aromatic rings. The van der Waals surface area contributed by atoms with Gasteiger partial charge < -0.3 is 9.15 Å². The van der Waals surface area contributed by atoms with E-state index in [0.29, 0.717) is 17.1 Å². The molecule has 0 radical (unpaired) electrons. The van der Waals surface area contributed by atoms with Crippen LogP contribution in [0, 0.1) is 11.6 Å². The van der Waals surface area contributed by atoms with Gasteiger partial charge in [-0.3, -0.25) is 9.48 Å². The van der Waals surface area contributed by atoms with E-state index in [2.05, 4.69) is 5.10 Å². The zero-order chi connectivity index (χ0) is 17.8. The highest BCUT2D eigenvalue weighted by molar-refractivity contribution is 6.06. The number of carbonyl (C=O) groups is 1. The van der Waals surface area contributed by atoms with E-state index >= 15 is 0 Å². The highest BCUT2D eigenvalue weighted by atomic mass is 19.1. The third-order valence-corrected chi connectivity index (χ3v) is 3.33. The van der Waals surface area contributed by atoms with Crippen molar-refractivity contribution in [3.8, 4) is 5.75 Å². The predicted octanol–water partition coefficient (Wildman–Crippen LogP) is 3.77. The summed E-state index contributed by atoms with van der Waals surface area (Å²) in [5.74, 6) is -0.827. The first-order valence-corrected chi connectivity index (χ1v) is 7.39. The number of benzene rings is 1. The molecule has 0 aliphatic carbocycles. The molecule has 0 atom stereocenters. The SMILES string of the molecule is Cn1cc(C(=O)C=Cc2ccc(COc3ccc(F)cc3F)o2)cn1. The average Bonchev–Trinajstić information content (AvgIpc) is 3.21. The van der Waals surface area contributed by atoms with Crippen LogP contribution in [0.2, 0.25) is 0 Å². The molecule has 0 spiro atoms. The van der Waals surface area contributed by atoms with Crippen molar-refractivity contribution in [2.24, 2.45) is 7.05 Å². The number of nitrogens with zero attached hydrogens (tertiary/aromatic N) is 2. The van der Waals surface area contributed by atoms with Crippen molar-refractivity contribution >= 4 is 11.9 Å². The highest BCUT2D eigenvalue weighted by Gasteiger charge is 2.08. The molecule has 3 rings (SSSR count). The zero-order valence-electron chi connectivity index (χ0n) is 13.3. The van der Waals surface area contributed by atoms with Gasteiger partial charge >= 0.3 is 0 Å². The Kier molecular flexibility index (Phi) is 4.74. The Morgan fingerprint density at radius 1 is 1.32 bits per heavy atom. The van der Waals surface area contributed by atoms with Gasteiger partial charge in [-0.2, -0.15) is 5.10 Å². The Morgan fingerprint density at radius 2 is 2.16 bits per heavy atom. The number of hydrogen-bond donors (Lipinski definition) is 0. The minimum atomic E-state index is -0.784. The molecule has 0 amide bonds. The van der Waals surface area contributed by atoms with E-state index < -0.39 is 11.6 Å². The Balaban J connectivity index is 1.60. The monoisotopic (exact) mass is 344 g/mol. The summed E-state index contributed by atoms with van der Waals surface area (Å²) >= 11 is 0. The second-order valence-corrected chi connectivity index (χ2v) is 5.27. The molecule has 0 aliphatic heterocycles. The molecule has 25 heavy (non-hydrogen) atoms. The van der Waals surface area contributed by atoms with E-state index in [1.807, 2.05) is 0 Å². The molecule has 0 unspecified atom stereocenters. The summed E-state index contributed by atoms with van der Waals surface area (Å²) < 4.78 is 38.6. The topological polar surface area (TPSA) is 57.3 Å². The molecule has 7 heteroatoms. The van der Waals surface area contributed by atoms with Gasteiger partial charge in [0, 0.05) is 19.3 Å². The lowest BCUT2D eigenvalue weighted by Gasteiger charge is -2.05. The van der Waals surface area contributed by atoms with Crippen molar-refractivity contribution < 1.29 is 22.7 Å². The fourth-order valence-corrected chi connectivity index (χ4v) is 2.11. The van der Waals surface area contributed by atoms with Gasteiger partial charge in [-0.1, -0.05) is 0 Å². The maximum Gasteiger partial charge on any atom is 0.189 e. The molecule has 5 nitrogen and oxygen atoms in total. The molecule has 128 valence electrons. The van der Waals surface area contributed by atoms with Gasteiger partial charge in [0.2, 0.25) is 0 Å². The van der Waals surface area contributed by atoms with Gasteiger partial charge in [-0.25, -0.2) is 8.78 Å². The number of halogens is 2. The fraction of sp³-hybridized carbons (Fsp3) is 0.111. The van der Waals surface area contributed by atoms with Crippen molar-refractivity contribution in [1.29, 1.82) is 0 Å². The van der Waals surface area contributed by atoms with Crippen LogP contribution in [0.5, 0.6) is 5.75 Å². The van der Waals surface area contributed by atoms with Crippen LogP contribution in [0.15, 0.2) is 53.2 Å². The van der Waals surface area contributed by atoms with E-state index in [0.717, 1.165) is 12.1 Å². The number of carbonyl (C=O) groups excluding carboxylic acids is 1. The zero-order valence-corrected chi connectivity index (χ0v) is 13.3. The summed E-state index contributed by atoms with van der Waals surface area (Å²) in [4.78, 5) is 11.9. The lowest BCUT2D eigenvalue weighted by molar-refractivity contribution is 0.104. The largest absolute Gasteiger partial charge is 0.483 e. The summed E-state index contributed by atoms with van der Waals surface area (Å²) in [6.45, 7) is -0.0209. The van der Waals surface area contributed by atoms with Crippen molar-refractivity contribution in [1.82, 2.24) is 9.78 Å². The first-order valence-electron chi connectivity index (χ1n) is 7.39. The first-order chi connectivity index (χ1) is 12.0. The summed E-state index contributed by atoms with van der Waals surface area (Å²) in [6, 6.07) is 6.37. The maximum atomic E-state index is 13.5. The Bertz CT molecular complexity index is 928. The Labute approximate surface area is 142 Å². The quantitative estimate of drug-likeness (QED) is 0.505. The van der Waals surface area contributed by atoms with Crippen molar-refractivity contribution in [2.45, 2.75) is 6.61 Å². The van der Waals surface area contributed by atoms with Crippen molar-refractivity contribution in [3.05, 3.63) is 77.5 Å². The van der Waals surface area contributed by atoms with E-state index in [-0.39, 0.29) is 18.1 Å². The maximum absolute atomic E-state index is 13.5. The lowest BCUT2D eigenvalue weighted by Crippen LogP contribution is -1.96. The first kappa shape index (κ1) is 16.6. The van der Waals surface area contributed by atoms with Gasteiger partial charge in [0.1, 0.15) is 23.9 Å². The number of hydrogen-bond acceptors (Lipinski definition) is 4. The minimum absolute atomic E-state index is 0.0209. The summed E-state index contributed by atoms with van der Waals surface area (Å²) in [6.07, 6.45) is 5.99. The van der Waals surface area contributed by atoms with Crippen LogP contribution in [-0.2, 0) is 13.7 Å². The number of ketones is 1. The van der Waals surface area contributed by atoms with Crippen LogP contribution in [0.3, 0.4) is 0 Å². The van der Waals surface area contributed by atoms with E-state index in [9.17, 15) is 13.6 Å². The molecule has 0 N–H and O–H groups in total. The molecule has 0 bridgehead atoms. The van der Waals surface area contributed by atoms with Crippen LogP contribution in [-0.4, -0.2) is 15.6 Å². The number of rotatable bonds is 6. The van der Waals surface area contributed by atoms with Gasteiger partial charge in [-0.15, -0.1) is 0 Å². The molecule has 0 fully saturated rings. The molecule has 2 heterocycles. The fourth-order valence-electron chi connectivity index (χ4n) is 2.11. The molecule has 0 saturated carbocycles. The molecular weight excluding hydrogens is 330 g/mol. The van der Waals surface area contributed by atoms with Crippen LogP contribution in [0.4, 0.5) is 8.78 Å². The Morgan fingerprint density at radius 3 is 2.88 bits per heavy atom. The number of aryl methyl sites for hydroxylation is 1. The van der Waals surface area contributed by atoms with E-state index in [1.165, 1.54) is 29.1 Å². The summed E-state index contributed by atoms with van der Waals surface area (Å²) in [5, 5.41) is 3.93. The van der Waals surface area contributed by atoms with Crippen molar-refractivity contribution in [3.63, 3.8) is 0 Å². The van der Waals surface area contributed by atoms with Gasteiger partial charge in [0.25, 0.3) is 0 Å². The lowest BCUT2D eigenvalue weighted by atomic mass is 10.2. The highest BCUT2D eigenvalue weighted by Crippen LogP contribution is 2.20. The number of ether oxygens (including phenoxy) is 1. The number of allylic oxidation sites excluding steroid dienone is 1. The molecular formula is C18H14F2N2O3. The second kappa shape index (κ2) is 7.12. The predicted molar refractivity (Wildman–Crippen MR) is 86.0 cm³/mol. The van der Waals surface area contributed by atoms with Crippen molar-refractivity contribution in [2.75, 3.05) is 0 Å². The average molecular weight is 344 g/mol. The smallest absolute Gasteiger partial charge is 0.189 e. The molecule has 2 aromatic heterocycles. The number of aromatic nitrogens is 2. The van der Waals surface area contributed by atoms with Gasteiger partial charge in [0.05, 0.1) is 11.8 Å². The normalized spacial score (nSPS) is 11.2. The Hall–Kier alpha value is -3.22. The molecule has 0 aliphatic rings. The third kappa shape index (κ3) is 4.20. The van der Waals surface area contributed by atoms with Crippen LogP contribution >= 0.6 is 0 Å². The third-order valence-electron chi connectivity index (χ3n) is 3.33. The molecule has 1 aromatic carbocycles. The summed E-state index contributed by atoms with van der Waals surface area (Å²) in [5.41, 5.74) is 0.473. The second-order valence-electron chi connectivity index (χ2n) is 5.27. The van der Waals surface area contributed by atoms with Gasteiger partial charge in [0.15, 0.2) is 17.3 Å². The van der Waals surface area contributed by atoms with Crippen LogP contribution in [0.25, 0.3) is 6.08 Å². The standard InChI is InChI=1S/C18H14F2N2O3/c1-22-10-12(9-21-22)17(23)6-5-14-3-4-15(25-14)11-24-18-7-2-13(19)8-16(18)20/h2-10H,11H2,1H3. The summed E-state index contributed by atoms with van der Waals surface area (Å²) in [7, 11) is 1.73. The molecule has 0 saturated heterocycles. The van der Waals surface area contributed by atoms with Gasteiger partial charge in [-0.05, 0) is 36.4 Å². The number of furan rings is 1. The van der Waals surface area contributed by atoms with E-state index in [1.54, 1.807) is 25.4 Å². The van der Waals surface area contributed by atoms with E-state index in [4.69, 9.17) is 9.15 Å². The minimum Gasteiger partial charge on any atom is -0.483 e.